The molecule has 0 unspecified atom stereocenters. The van der Waals surface area contributed by atoms with Gasteiger partial charge >= 0.3 is 0 Å². The molecule has 0 amide bonds. The van der Waals surface area contributed by atoms with Gasteiger partial charge in [-0.25, -0.2) is 13.8 Å². The van der Waals surface area contributed by atoms with Crippen LogP contribution in [0.15, 0.2) is 47.5 Å². The molecule has 2 aromatic rings. The zero-order valence-corrected chi connectivity index (χ0v) is 16.9. The number of rotatable bonds is 2. The first-order valence-corrected chi connectivity index (χ1v) is 9.78. The van der Waals surface area contributed by atoms with Crippen LogP contribution in [0.25, 0.3) is 0 Å². The highest BCUT2D eigenvalue weighted by Crippen LogP contribution is 2.34. The molecule has 4 nitrogen and oxygen atoms in total. The van der Waals surface area contributed by atoms with E-state index >= 15 is 0 Å². The molecule has 2 aromatic carbocycles. The number of benzene rings is 2. The molecule has 0 atom stereocenters. The smallest absolute Gasteiger partial charge is 0.222 e. The molecular weight excluding hydrogens is 376 g/mol. The summed E-state index contributed by atoms with van der Waals surface area (Å²) in [6, 6.07) is 11.9. The van der Waals surface area contributed by atoms with Crippen molar-refractivity contribution in [1.29, 1.82) is 0 Å². The summed E-state index contributed by atoms with van der Waals surface area (Å²) in [5.74, 6) is -1.43. The minimum absolute atomic E-state index is 0.0352. The van der Waals surface area contributed by atoms with Gasteiger partial charge in [-0.1, -0.05) is 51.1 Å². The molecule has 1 saturated heterocycles. The Balaban J connectivity index is 1.51. The molecule has 154 valence electrons. The Kier molecular flexibility index (Phi) is 5.17. The van der Waals surface area contributed by atoms with Crippen LogP contribution in [0.2, 0.25) is 0 Å². The van der Waals surface area contributed by atoms with Crippen LogP contribution >= 0.6 is 0 Å². The van der Waals surface area contributed by atoms with Gasteiger partial charge in [0.15, 0.2) is 6.29 Å². The highest BCUT2D eigenvalue weighted by molar-refractivity contribution is 5.95. The zero-order valence-electron chi connectivity index (χ0n) is 16.9. The Morgan fingerprint density at radius 2 is 1.59 bits per heavy atom. The van der Waals surface area contributed by atoms with Crippen molar-refractivity contribution >= 4 is 5.90 Å². The normalized spacial score (nSPS) is 24.9. The number of halogens is 2. The quantitative estimate of drug-likeness (QED) is 0.718. The second-order valence-electron chi connectivity index (χ2n) is 8.66. The molecule has 29 heavy (non-hydrogen) atoms. The van der Waals surface area contributed by atoms with Crippen LogP contribution < -0.4 is 0 Å². The van der Waals surface area contributed by atoms with Crippen molar-refractivity contribution in [3.8, 4) is 0 Å². The molecule has 2 aliphatic rings. The van der Waals surface area contributed by atoms with E-state index in [1.165, 1.54) is 23.8 Å². The maximum atomic E-state index is 14.1. The Labute approximate surface area is 169 Å². The third-order valence-electron chi connectivity index (χ3n) is 5.38. The van der Waals surface area contributed by atoms with E-state index in [9.17, 15) is 8.78 Å². The van der Waals surface area contributed by atoms with Crippen LogP contribution in [0.1, 0.15) is 50.2 Å². The van der Waals surface area contributed by atoms with E-state index in [0.717, 1.165) is 5.56 Å². The van der Waals surface area contributed by atoms with Crippen LogP contribution in [0.3, 0.4) is 0 Å². The molecule has 0 N–H and O–H groups in total. The van der Waals surface area contributed by atoms with E-state index in [2.05, 4.69) is 37.9 Å². The van der Waals surface area contributed by atoms with Gasteiger partial charge in [-0.15, -0.1) is 0 Å². The number of nitrogens with zero attached hydrogens (tertiary/aromatic N) is 1. The van der Waals surface area contributed by atoms with E-state index in [0.29, 0.717) is 26.2 Å². The molecule has 0 radical (unpaired) electrons. The largest absolute Gasteiger partial charge is 0.477 e. The Bertz CT molecular complexity index is 890. The first-order valence-electron chi connectivity index (χ1n) is 9.78. The van der Waals surface area contributed by atoms with Crippen molar-refractivity contribution in [3.63, 3.8) is 0 Å². The third kappa shape index (κ3) is 4.05. The lowest BCUT2D eigenvalue weighted by Gasteiger charge is -2.39. The second-order valence-corrected chi connectivity index (χ2v) is 8.66. The summed E-state index contributed by atoms with van der Waals surface area (Å²) in [7, 11) is 0. The van der Waals surface area contributed by atoms with Crippen LogP contribution in [0.5, 0.6) is 0 Å². The average molecular weight is 401 g/mol. The van der Waals surface area contributed by atoms with E-state index < -0.39 is 23.5 Å². The lowest BCUT2D eigenvalue weighted by atomic mass is 9.86. The summed E-state index contributed by atoms with van der Waals surface area (Å²) in [4.78, 5) is 4.50. The van der Waals surface area contributed by atoms with E-state index in [-0.39, 0.29) is 16.9 Å². The maximum absolute atomic E-state index is 14.1. The standard InChI is InChI=1S/C23H25F2NO3/c1-22(2,3)16-9-7-15(8-10-16)21-28-13-23(14-29-21)11-12-27-20(26-23)19-17(24)5-4-6-18(19)25/h4-10,21H,11-14H2,1-3H3. The van der Waals surface area contributed by atoms with Crippen molar-refractivity contribution < 1.29 is 23.0 Å². The van der Waals surface area contributed by atoms with Gasteiger partial charge in [-0.2, -0.15) is 0 Å². The molecule has 1 fully saturated rings. The van der Waals surface area contributed by atoms with Crippen LogP contribution in [0.4, 0.5) is 8.78 Å². The van der Waals surface area contributed by atoms with Gasteiger partial charge in [0, 0.05) is 12.0 Å². The molecule has 0 saturated carbocycles. The van der Waals surface area contributed by atoms with Crippen molar-refractivity contribution in [3.05, 3.63) is 70.8 Å². The molecular formula is C23H25F2NO3. The highest BCUT2D eigenvalue weighted by Gasteiger charge is 2.41. The van der Waals surface area contributed by atoms with Crippen molar-refractivity contribution in [2.24, 2.45) is 4.99 Å². The van der Waals surface area contributed by atoms with Gasteiger partial charge in [-0.3, -0.25) is 0 Å². The van der Waals surface area contributed by atoms with Gasteiger partial charge in [0.25, 0.3) is 0 Å². The summed E-state index contributed by atoms with van der Waals surface area (Å²) < 4.78 is 45.6. The van der Waals surface area contributed by atoms with Gasteiger partial charge in [0.2, 0.25) is 5.90 Å². The molecule has 0 aliphatic carbocycles. The molecule has 2 aliphatic heterocycles. The highest BCUT2D eigenvalue weighted by atomic mass is 19.1. The lowest BCUT2D eigenvalue weighted by molar-refractivity contribution is -0.214. The summed E-state index contributed by atoms with van der Waals surface area (Å²) in [5, 5.41) is 0. The molecule has 1 spiro atoms. The van der Waals surface area contributed by atoms with Crippen molar-refractivity contribution in [2.75, 3.05) is 19.8 Å². The fraction of sp³-hybridized carbons (Fsp3) is 0.435. The molecule has 0 aromatic heterocycles. The second kappa shape index (κ2) is 7.50. The van der Waals surface area contributed by atoms with Crippen molar-refractivity contribution in [2.45, 2.75) is 44.4 Å². The topological polar surface area (TPSA) is 40.0 Å². The molecule has 4 rings (SSSR count). The summed E-state index contributed by atoms with van der Waals surface area (Å²) in [6.45, 7) is 7.38. The van der Waals surface area contributed by atoms with Crippen LogP contribution in [-0.2, 0) is 19.6 Å². The summed E-state index contributed by atoms with van der Waals surface area (Å²) in [5.41, 5.74) is 1.30. The number of hydrogen-bond donors (Lipinski definition) is 0. The summed E-state index contributed by atoms with van der Waals surface area (Å²) >= 11 is 0. The first kappa shape index (κ1) is 20.0. The fourth-order valence-corrected chi connectivity index (χ4v) is 3.56. The van der Waals surface area contributed by atoms with E-state index in [1.807, 2.05) is 12.1 Å². The molecule has 0 bridgehead atoms. The lowest BCUT2D eigenvalue weighted by Crippen LogP contribution is -2.47. The third-order valence-corrected chi connectivity index (χ3v) is 5.38. The maximum Gasteiger partial charge on any atom is 0.222 e. The summed E-state index contributed by atoms with van der Waals surface area (Å²) in [6.07, 6.45) is 0.0729. The Hall–Kier alpha value is -2.31. The minimum Gasteiger partial charge on any atom is -0.477 e. The Morgan fingerprint density at radius 1 is 0.966 bits per heavy atom. The van der Waals surface area contributed by atoms with E-state index in [1.54, 1.807) is 0 Å². The van der Waals surface area contributed by atoms with Crippen molar-refractivity contribution in [1.82, 2.24) is 0 Å². The average Bonchev–Trinajstić information content (AvgIpc) is 2.68. The number of ether oxygens (including phenoxy) is 3. The predicted octanol–water partition coefficient (Wildman–Crippen LogP) is 4.91. The first-order chi connectivity index (χ1) is 13.8. The van der Waals surface area contributed by atoms with Crippen LogP contribution in [-0.4, -0.2) is 31.3 Å². The van der Waals surface area contributed by atoms with Gasteiger partial charge in [0.05, 0.1) is 19.8 Å². The fourth-order valence-electron chi connectivity index (χ4n) is 3.56. The number of aliphatic imine (C=N–C) groups is 1. The molecule has 2 heterocycles. The minimum atomic E-state index is -0.704. The monoisotopic (exact) mass is 401 g/mol. The Morgan fingerprint density at radius 3 is 2.17 bits per heavy atom. The van der Waals surface area contributed by atoms with Gasteiger partial charge < -0.3 is 14.2 Å². The zero-order chi connectivity index (χ0) is 20.6. The predicted molar refractivity (Wildman–Crippen MR) is 106 cm³/mol. The van der Waals surface area contributed by atoms with Crippen LogP contribution in [0, 0.1) is 11.6 Å². The number of hydrogen-bond acceptors (Lipinski definition) is 4. The van der Waals surface area contributed by atoms with Gasteiger partial charge in [0.1, 0.15) is 22.7 Å². The molecule has 6 heteroatoms. The van der Waals surface area contributed by atoms with E-state index in [4.69, 9.17) is 14.2 Å². The SMILES string of the molecule is CC(C)(C)c1ccc(C2OCC3(CCOC(c4c(F)cccc4F)=N3)CO2)cc1. The van der Waals surface area contributed by atoms with Gasteiger partial charge in [-0.05, 0) is 23.1 Å².